The van der Waals surface area contributed by atoms with E-state index in [0.717, 1.165) is 16.3 Å². The monoisotopic (exact) mass is 238 g/mol. The second-order valence-corrected chi connectivity index (χ2v) is 4.10. The van der Waals surface area contributed by atoms with E-state index >= 15 is 0 Å². The molecule has 16 heavy (non-hydrogen) atoms. The molecule has 0 aliphatic rings. The van der Waals surface area contributed by atoms with Crippen LogP contribution in [0.2, 0.25) is 0 Å². The molecule has 0 aliphatic carbocycles. The lowest BCUT2D eigenvalue weighted by molar-refractivity contribution is 0.0595. The van der Waals surface area contributed by atoms with E-state index < -0.39 is 5.97 Å². The number of carbonyl (C=O) groups excluding carboxylic acids is 1. The zero-order valence-corrected chi connectivity index (χ0v) is 9.67. The van der Waals surface area contributed by atoms with Gasteiger partial charge in [0.2, 0.25) is 0 Å². The molecule has 0 spiro atoms. The second-order valence-electron chi connectivity index (χ2n) is 2.98. The number of aromatic amines is 1. The van der Waals surface area contributed by atoms with Gasteiger partial charge < -0.3 is 4.74 Å². The average Bonchev–Trinajstić information content (AvgIpc) is 2.95. The normalized spacial score (nSPS) is 10.4. The van der Waals surface area contributed by atoms with E-state index in [-0.39, 0.29) is 5.69 Å². The molecule has 0 fully saturated rings. The first-order chi connectivity index (χ1) is 7.76. The molecule has 0 aromatic carbocycles. The molecule has 2 rings (SSSR count). The maximum Gasteiger partial charge on any atom is 0.360 e. The van der Waals surface area contributed by atoms with E-state index in [1.807, 2.05) is 6.92 Å². The van der Waals surface area contributed by atoms with Gasteiger partial charge in [0.1, 0.15) is 5.69 Å². The van der Waals surface area contributed by atoms with Crippen LogP contribution >= 0.6 is 11.3 Å². The lowest BCUT2D eigenvalue weighted by atomic mass is 10.3. The molecule has 0 unspecified atom stereocenters. The zero-order valence-electron chi connectivity index (χ0n) is 8.85. The average molecular weight is 238 g/mol. The summed E-state index contributed by atoms with van der Waals surface area (Å²) in [7, 11) is 1.31. The van der Waals surface area contributed by atoms with E-state index in [1.165, 1.54) is 18.4 Å². The molecule has 2 heterocycles. The first kappa shape index (κ1) is 10.7. The highest BCUT2D eigenvalue weighted by Gasteiger charge is 2.19. The van der Waals surface area contributed by atoms with Crippen LogP contribution in [0, 0.1) is 0 Å². The van der Waals surface area contributed by atoms with Crippen LogP contribution in [0.3, 0.4) is 0 Å². The predicted molar refractivity (Wildman–Crippen MR) is 58.2 cm³/mol. The topological polar surface area (TPSA) is 80.8 Å². The zero-order chi connectivity index (χ0) is 11.5. The number of aromatic nitrogens is 4. The van der Waals surface area contributed by atoms with Gasteiger partial charge >= 0.3 is 5.97 Å². The first-order valence-corrected chi connectivity index (χ1v) is 5.52. The smallest absolute Gasteiger partial charge is 0.360 e. The minimum Gasteiger partial charge on any atom is -0.464 e. The van der Waals surface area contributed by atoms with Gasteiger partial charge in [-0.2, -0.15) is 10.3 Å². The van der Waals surface area contributed by atoms with Crippen LogP contribution in [0.15, 0.2) is 6.20 Å². The summed E-state index contributed by atoms with van der Waals surface area (Å²) in [5.74, 6) is -0.504. The van der Waals surface area contributed by atoms with E-state index in [0.29, 0.717) is 5.69 Å². The Balaban J connectivity index is 2.40. The molecule has 0 amide bonds. The fourth-order valence-electron chi connectivity index (χ4n) is 1.22. The quantitative estimate of drug-likeness (QED) is 0.814. The molecule has 2 aromatic rings. The van der Waals surface area contributed by atoms with Crippen molar-refractivity contribution in [1.29, 1.82) is 0 Å². The van der Waals surface area contributed by atoms with E-state index in [4.69, 9.17) is 0 Å². The summed E-state index contributed by atoms with van der Waals surface area (Å²) >= 11 is 1.49. The molecule has 0 saturated carbocycles. The molecule has 0 radical (unpaired) electrons. The maximum atomic E-state index is 11.4. The minimum absolute atomic E-state index is 0.189. The van der Waals surface area contributed by atoms with Crippen LogP contribution in [-0.2, 0) is 11.2 Å². The molecule has 1 N–H and O–H groups in total. The number of methoxy groups -OCH3 is 1. The third kappa shape index (κ3) is 1.81. The van der Waals surface area contributed by atoms with Crippen molar-refractivity contribution in [2.45, 2.75) is 13.3 Å². The number of nitrogens with zero attached hydrogens (tertiary/aromatic N) is 3. The number of ether oxygens (including phenoxy) is 1. The van der Waals surface area contributed by atoms with Crippen LogP contribution in [-0.4, -0.2) is 33.5 Å². The van der Waals surface area contributed by atoms with Crippen molar-refractivity contribution in [2.24, 2.45) is 0 Å². The van der Waals surface area contributed by atoms with Crippen molar-refractivity contribution in [1.82, 2.24) is 20.4 Å². The van der Waals surface area contributed by atoms with E-state index in [1.54, 1.807) is 6.20 Å². The van der Waals surface area contributed by atoms with Gasteiger partial charge in [-0.15, -0.1) is 16.4 Å². The number of aryl methyl sites for hydroxylation is 1. The molecule has 0 atom stereocenters. The Kier molecular flexibility index (Phi) is 2.95. The molecule has 2 aromatic heterocycles. The third-order valence-electron chi connectivity index (χ3n) is 2.02. The lowest BCUT2D eigenvalue weighted by Gasteiger charge is -1.94. The van der Waals surface area contributed by atoms with Crippen LogP contribution in [0.1, 0.15) is 22.4 Å². The molecule has 84 valence electrons. The third-order valence-corrected chi connectivity index (χ3v) is 3.16. The number of esters is 1. The van der Waals surface area contributed by atoms with Gasteiger partial charge in [0, 0.05) is 6.20 Å². The van der Waals surface area contributed by atoms with Crippen LogP contribution in [0.4, 0.5) is 0 Å². The summed E-state index contributed by atoms with van der Waals surface area (Å²) in [6.45, 7) is 2.02. The fourth-order valence-corrected chi connectivity index (χ4v) is 2.07. The minimum atomic E-state index is -0.504. The first-order valence-electron chi connectivity index (χ1n) is 4.70. The Hall–Kier alpha value is -1.76. The highest BCUT2D eigenvalue weighted by atomic mass is 32.1. The summed E-state index contributed by atoms with van der Waals surface area (Å²) in [5, 5.41) is 11.1. The van der Waals surface area contributed by atoms with E-state index in [9.17, 15) is 4.79 Å². The Labute approximate surface area is 95.7 Å². The van der Waals surface area contributed by atoms with Crippen LogP contribution in [0.5, 0.6) is 0 Å². The molecule has 0 saturated heterocycles. The summed E-state index contributed by atoms with van der Waals surface area (Å²) in [4.78, 5) is 16.4. The summed E-state index contributed by atoms with van der Waals surface area (Å²) in [6.07, 6.45) is 2.55. The van der Waals surface area contributed by atoms with Crippen molar-refractivity contribution < 1.29 is 9.53 Å². The Bertz CT molecular complexity index is 505. The van der Waals surface area contributed by atoms with Gasteiger partial charge in [0.15, 0.2) is 5.69 Å². The molecule has 7 heteroatoms. The van der Waals surface area contributed by atoms with Gasteiger partial charge in [-0.3, -0.25) is 0 Å². The number of thiazole rings is 1. The molecule has 6 nitrogen and oxygen atoms in total. The number of hydrogen-bond donors (Lipinski definition) is 1. The van der Waals surface area contributed by atoms with Gasteiger partial charge in [-0.05, 0) is 6.42 Å². The summed E-state index contributed by atoms with van der Waals surface area (Å²) in [5.41, 5.74) is 0.679. The summed E-state index contributed by atoms with van der Waals surface area (Å²) in [6, 6.07) is 0. The molecular formula is C9H10N4O2S. The van der Waals surface area contributed by atoms with Crippen LogP contribution in [0.25, 0.3) is 10.6 Å². The highest BCUT2D eigenvalue weighted by molar-refractivity contribution is 7.15. The number of rotatable bonds is 3. The van der Waals surface area contributed by atoms with Gasteiger partial charge in [-0.1, -0.05) is 6.92 Å². The standard InChI is InChI=1S/C9H10N4O2S/c1-3-6-10-4-5(16-6)7-8(9(14)15-2)12-13-11-7/h4H,3H2,1-2H3,(H,11,12,13). The Morgan fingerprint density at radius 2 is 2.38 bits per heavy atom. The molecule has 0 aliphatic heterocycles. The Morgan fingerprint density at radius 3 is 3.00 bits per heavy atom. The van der Waals surface area contributed by atoms with Crippen molar-refractivity contribution >= 4 is 17.3 Å². The summed E-state index contributed by atoms with van der Waals surface area (Å²) < 4.78 is 4.61. The van der Waals surface area contributed by atoms with Crippen molar-refractivity contribution in [2.75, 3.05) is 7.11 Å². The van der Waals surface area contributed by atoms with Crippen molar-refractivity contribution in [3.8, 4) is 10.6 Å². The number of hydrogen-bond acceptors (Lipinski definition) is 6. The fraction of sp³-hybridized carbons (Fsp3) is 0.333. The maximum absolute atomic E-state index is 11.4. The SMILES string of the molecule is CCc1ncc(-c2n[nH]nc2C(=O)OC)s1. The van der Waals surface area contributed by atoms with Crippen molar-refractivity contribution in [3.05, 3.63) is 16.9 Å². The largest absolute Gasteiger partial charge is 0.464 e. The van der Waals surface area contributed by atoms with E-state index in [2.05, 4.69) is 25.1 Å². The number of H-pyrrole nitrogens is 1. The number of carbonyl (C=O) groups is 1. The second kappa shape index (κ2) is 4.40. The number of nitrogens with one attached hydrogen (secondary N) is 1. The van der Waals surface area contributed by atoms with Crippen molar-refractivity contribution in [3.63, 3.8) is 0 Å². The highest BCUT2D eigenvalue weighted by Crippen LogP contribution is 2.26. The lowest BCUT2D eigenvalue weighted by Crippen LogP contribution is -2.03. The van der Waals surface area contributed by atoms with Gasteiger partial charge in [0.05, 0.1) is 17.0 Å². The Morgan fingerprint density at radius 1 is 1.56 bits per heavy atom. The molecule has 0 bridgehead atoms. The predicted octanol–water partition coefficient (Wildman–Crippen LogP) is 1.28. The van der Waals surface area contributed by atoms with Gasteiger partial charge in [0.25, 0.3) is 0 Å². The van der Waals surface area contributed by atoms with Gasteiger partial charge in [-0.25, -0.2) is 9.78 Å². The molecular weight excluding hydrogens is 228 g/mol. The van der Waals surface area contributed by atoms with Crippen LogP contribution < -0.4 is 0 Å².